The predicted octanol–water partition coefficient (Wildman–Crippen LogP) is 1.28. The Morgan fingerprint density at radius 2 is 1.51 bits per heavy atom. The van der Waals surface area contributed by atoms with Crippen LogP contribution in [0.2, 0.25) is 0 Å². The minimum absolute atomic E-state index is 0.0834. The third-order valence-electron chi connectivity index (χ3n) is 12.2. The van der Waals surface area contributed by atoms with E-state index in [4.69, 9.17) is 16.6 Å². The Hall–Kier alpha value is -5.51. The van der Waals surface area contributed by atoms with Crippen molar-refractivity contribution in [2.24, 2.45) is 22.8 Å². The summed E-state index contributed by atoms with van der Waals surface area (Å²) < 4.78 is 0. The summed E-state index contributed by atoms with van der Waals surface area (Å²) in [5.74, 6) is -6.98. The zero-order chi connectivity index (χ0) is 52.6. The van der Waals surface area contributed by atoms with Gasteiger partial charge < -0.3 is 47.8 Å². The number of carbonyl (C=O) groups excluding carboxylic acids is 8. The number of likely N-dealkylation sites (tertiary alicyclic amines) is 1. The number of nitrogens with one attached hydrogen (secondary N) is 4. The summed E-state index contributed by atoms with van der Waals surface area (Å²) in [6, 6.07) is 3.46. The van der Waals surface area contributed by atoms with Gasteiger partial charge in [0.05, 0.1) is 29.9 Å². The number of imide groups is 1. The van der Waals surface area contributed by atoms with Crippen molar-refractivity contribution in [1.82, 2.24) is 31.1 Å². The number of rotatable bonds is 29. The number of hydrogen-bond donors (Lipinski definition) is 8. The Morgan fingerprint density at radius 1 is 0.884 bits per heavy atom. The van der Waals surface area contributed by atoms with Gasteiger partial charge in [-0.1, -0.05) is 84.9 Å². The molecule has 1 aliphatic heterocycles. The molecule has 1 fully saturated rings. The molecule has 20 nitrogen and oxygen atoms in total. The van der Waals surface area contributed by atoms with E-state index in [0.717, 1.165) is 22.2 Å². The predicted molar refractivity (Wildman–Crippen MR) is 260 cm³/mol. The van der Waals surface area contributed by atoms with Crippen LogP contribution in [0.5, 0.6) is 0 Å². The van der Waals surface area contributed by atoms with Crippen molar-refractivity contribution in [3.05, 3.63) is 47.5 Å². The lowest BCUT2D eigenvalue weighted by Crippen LogP contribution is -2.61. The van der Waals surface area contributed by atoms with Crippen molar-refractivity contribution in [1.29, 1.82) is 0 Å². The van der Waals surface area contributed by atoms with Gasteiger partial charge in [0, 0.05) is 56.0 Å². The molecule has 0 aromatic heterocycles. The molecule has 1 aromatic rings. The van der Waals surface area contributed by atoms with Gasteiger partial charge in [-0.05, 0) is 50.1 Å². The van der Waals surface area contributed by atoms with E-state index in [0.29, 0.717) is 0 Å². The number of amides is 6. The molecule has 0 bridgehead atoms. The summed E-state index contributed by atoms with van der Waals surface area (Å²) in [7, 11) is 3.27. The largest absolute Gasteiger partial charge is 0.480 e. The molecule has 69 heavy (non-hydrogen) atoms. The van der Waals surface area contributed by atoms with Gasteiger partial charge in [0.1, 0.15) is 23.9 Å². The van der Waals surface area contributed by atoms with Crippen LogP contribution in [0, 0.1) is 11.3 Å². The highest BCUT2D eigenvalue weighted by molar-refractivity contribution is 8.00. The number of benzene rings is 1. The number of nitrogens with zero attached hydrogens (tertiary/aromatic N) is 2. The van der Waals surface area contributed by atoms with Crippen molar-refractivity contribution >= 4 is 70.7 Å². The highest BCUT2D eigenvalue weighted by Gasteiger charge is 2.42. The van der Waals surface area contributed by atoms with Crippen LogP contribution in [0.25, 0.3) is 0 Å². The molecule has 1 unspecified atom stereocenters. The second-order valence-corrected chi connectivity index (χ2v) is 20.6. The van der Waals surface area contributed by atoms with Gasteiger partial charge >= 0.3 is 11.9 Å². The van der Waals surface area contributed by atoms with Crippen molar-refractivity contribution in [2.75, 3.05) is 32.9 Å². The number of aliphatic carboxylic acids is 2. The topological polar surface area (TPSA) is 318 Å². The normalized spacial score (nSPS) is 17.0. The number of carbonyl (C=O) groups is 10. The Labute approximate surface area is 409 Å². The molecule has 0 radical (unpaired) electrons. The van der Waals surface area contributed by atoms with E-state index in [1.165, 1.54) is 11.8 Å². The molecular weight excluding hydrogens is 913 g/mol. The van der Waals surface area contributed by atoms with E-state index in [-0.39, 0.29) is 80.4 Å². The first-order valence-corrected chi connectivity index (χ1v) is 24.1. The number of carboxylic acids is 2. The van der Waals surface area contributed by atoms with Crippen molar-refractivity contribution in [2.45, 2.75) is 147 Å². The molecule has 384 valence electrons. The Bertz CT molecular complexity index is 2060. The zero-order valence-corrected chi connectivity index (χ0v) is 42.4. The van der Waals surface area contributed by atoms with Gasteiger partial charge in [-0.2, -0.15) is 0 Å². The summed E-state index contributed by atoms with van der Waals surface area (Å²) in [5, 5.41) is 29.1. The molecule has 21 heteroatoms. The highest BCUT2D eigenvalue weighted by Crippen LogP contribution is 2.30. The standard InChI is InChI=1S/C48H74N8O12S/c1-27(2)34(55(10)44(64)40(47(4,5)6)54-42(62)39(51-9)48(7,8)29-15-12-11-13-16-29)23-28(3)41(61)53-32(46(67)68)20-18-30(57)17-14-22-56-38(60)24-36(43(56)63)69-26-33(35(58)25-49)52-37(59)21-19-31(50)45(65)66/h11-13,15-16,23,27,31-34,36,39-40,51H,14,17-22,24-26,49-50H2,1-10H3,(H,52,59)(H,53,61)(H,54,62)(H,65,66)(H,67,68)/b28-23+/t31-,32+,33-,34+,36?,39+,40+/m0/s1. The van der Waals surface area contributed by atoms with E-state index >= 15 is 0 Å². The van der Waals surface area contributed by atoms with E-state index in [1.807, 2.05) is 78.8 Å². The maximum Gasteiger partial charge on any atom is 0.326 e. The molecular formula is C48H74N8O12S. The minimum atomic E-state index is -1.44. The van der Waals surface area contributed by atoms with Crippen molar-refractivity contribution in [3.63, 3.8) is 0 Å². The summed E-state index contributed by atoms with van der Waals surface area (Å²) >= 11 is 0.979. The van der Waals surface area contributed by atoms with Crippen LogP contribution in [0.3, 0.4) is 0 Å². The fourth-order valence-corrected chi connectivity index (χ4v) is 9.04. The molecule has 0 aliphatic carbocycles. The molecule has 1 aliphatic rings. The lowest BCUT2D eigenvalue weighted by Gasteiger charge is -2.40. The molecule has 2 rings (SSSR count). The molecule has 1 saturated heterocycles. The molecule has 0 saturated carbocycles. The van der Waals surface area contributed by atoms with Gasteiger partial charge in [-0.15, -0.1) is 11.8 Å². The van der Waals surface area contributed by atoms with Crippen LogP contribution in [0.4, 0.5) is 0 Å². The highest BCUT2D eigenvalue weighted by atomic mass is 32.2. The average molecular weight is 987 g/mol. The second-order valence-electron chi connectivity index (χ2n) is 19.4. The average Bonchev–Trinajstić information content (AvgIpc) is 3.55. The first-order chi connectivity index (χ1) is 32.1. The van der Waals surface area contributed by atoms with E-state index in [2.05, 4.69) is 21.3 Å². The molecule has 10 N–H and O–H groups in total. The van der Waals surface area contributed by atoms with Crippen molar-refractivity contribution in [3.8, 4) is 0 Å². The summed E-state index contributed by atoms with van der Waals surface area (Å²) in [6.07, 6.45) is 0.490. The summed E-state index contributed by atoms with van der Waals surface area (Å²) in [6.45, 7) is 14.1. The maximum atomic E-state index is 14.3. The van der Waals surface area contributed by atoms with Crippen molar-refractivity contribution < 1.29 is 58.2 Å². The number of likely N-dealkylation sites (N-methyl/N-ethyl adjacent to an activating group) is 2. The maximum absolute atomic E-state index is 14.3. The lowest BCUT2D eigenvalue weighted by atomic mass is 9.76. The quantitative estimate of drug-likeness (QED) is 0.0414. The minimum Gasteiger partial charge on any atom is -0.480 e. The first kappa shape index (κ1) is 59.6. The number of thioether (sulfide) groups is 1. The van der Waals surface area contributed by atoms with Crippen LogP contribution >= 0.6 is 11.8 Å². The van der Waals surface area contributed by atoms with Gasteiger partial charge in [-0.25, -0.2) is 4.79 Å². The molecule has 6 amide bonds. The van der Waals surface area contributed by atoms with E-state index < -0.39 is 106 Å². The number of ketones is 2. The van der Waals surface area contributed by atoms with Gasteiger partial charge in [0.25, 0.3) is 0 Å². The monoisotopic (exact) mass is 987 g/mol. The van der Waals surface area contributed by atoms with Gasteiger partial charge in [0.15, 0.2) is 5.78 Å². The number of carboxylic acid groups (broad SMARTS) is 2. The summed E-state index contributed by atoms with van der Waals surface area (Å²) in [5.41, 5.74) is 10.6. The Kier molecular flexibility index (Phi) is 23.4. The second kappa shape index (κ2) is 27.0. The zero-order valence-electron chi connectivity index (χ0n) is 41.6. The van der Waals surface area contributed by atoms with Gasteiger partial charge in [0.2, 0.25) is 35.4 Å². The van der Waals surface area contributed by atoms with E-state index in [9.17, 15) is 53.1 Å². The van der Waals surface area contributed by atoms with E-state index in [1.54, 1.807) is 20.2 Å². The number of nitrogens with two attached hydrogens (primary N) is 2. The van der Waals surface area contributed by atoms with Crippen LogP contribution in [0.1, 0.15) is 106 Å². The molecule has 1 heterocycles. The first-order valence-electron chi connectivity index (χ1n) is 23.1. The number of Topliss-reactive ketones (excluding diaryl/α,β-unsaturated/α-hetero) is 2. The number of hydrogen-bond acceptors (Lipinski definition) is 14. The molecule has 1 aromatic carbocycles. The van der Waals surface area contributed by atoms with Crippen LogP contribution in [-0.2, 0) is 53.4 Å². The third-order valence-corrected chi connectivity index (χ3v) is 13.5. The fraction of sp³-hybridized carbons (Fsp3) is 0.625. The Morgan fingerprint density at radius 3 is 2.04 bits per heavy atom. The van der Waals surface area contributed by atoms with Crippen LogP contribution in [-0.4, -0.2) is 153 Å². The van der Waals surface area contributed by atoms with Crippen LogP contribution in [0.15, 0.2) is 42.0 Å². The lowest BCUT2D eigenvalue weighted by molar-refractivity contribution is -0.142. The molecule has 7 atom stereocenters. The van der Waals surface area contributed by atoms with Crippen LogP contribution < -0.4 is 32.7 Å². The molecule has 0 spiro atoms. The van der Waals surface area contributed by atoms with Gasteiger partial charge in [-0.3, -0.25) is 48.1 Å². The Balaban J connectivity index is 2.02. The fourth-order valence-electron chi connectivity index (χ4n) is 7.82. The SMILES string of the molecule is CN[C@H](C(=O)N[C@H](C(=O)N(C)[C@H](/C=C(\C)C(=O)N[C@H](CCC(=O)CCCN1C(=O)CC(SC[C@H](NC(=O)CC[C@H](N)C(=O)O)C(=O)CN)C1=O)C(=O)O)C(C)C)C(C)(C)C)C(C)(C)c1ccccc1. The third kappa shape index (κ3) is 17.8. The smallest absolute Gasteiger partial charge is 0.326 e. The summed E-state index contributed by atoms with van der Waals surface area (Å²) in [4.78, 5) is 131.